The minimum atomic E-state index is -0.812. The molecule has 1 heterocycles. The number of hydrogen-bond donors (Lipinski definition) is 1. The van der Waals surface area contributed by atoms with E-state index in [1.165, 1.54) is 4.90 Å². The molecule has 0 aliphatic carbocycles. The van der Waals surface area contributed by atoms with Crippen molar-refractivity contribution in [3.8, 4) is 6.07 Å². The SMILES string of the molecule is CC(C)CC[C@@]1(C)NC(=O)N(Cc2ccc(C#N)cc2)C1=O. The van der Waals surface area contributed by atoms with E-state index < -0.39 is 5.54 Å². The number of hydrogen-bond acceptors (Lipinski definition) is 3. The number of nitrogens with zero attached hydrogens (tertiary/aromatic N) is 2. The number of urea groups is 1. The first-order chi connectivity index (χ1) is 10.4. The highest BCUT2D eigenvalue weighted by atomic mass is 16.2. The molecule has 1 fully saturated rings. The van der Waals surface area contributed by atoms with Gasteiger partial charge in [-0.1, -0.05) is 26.0 Å². The fourth-order valence-corrected chi connectivity index (χ4v) is 2.50. The number of rotatable bonds is 5. The summed E-state index contributed by atoms with van der Waals surface area (Å²) in [5.41, 5.74) is 0.576. The van der Waals surface area contributed by atoms with E-state index in [-0.39, 0.29) is 18.5 Å². The Hall–Kier alpha value is -2.35. The first-order valence-corrected chi connectivity index (χ1v) is 7.49. The van der Waals surface area contributed by atoms with Crippen LogP contribution < -0.4 is 5.32 Å². The summed E-state index contributed by atoms with van der Waals surface area (Å²) >= 11 is 0. The highest BCUT2D eigenvalue weighted by molar-refractivity contribution is 6.06. The highest BCUT2D eigenvalue weighted by Crippen LogP contribution is 2.26. The molecular weight excluding hydrogens is 278 g/mol. The van der Waals surface area contributed by atoms with E-state index >= 15 is 0 Å². The van der Waals surface area contributed by atoms with Crippen molar-refractivity contribution in [3.63, 3.8) is 0 Å². The van der Waals surface area contributed by atoms with Crippen molar-refractivity contribution in [1.29, 1.82) is 5.26 Å². The Labute approximate surface area is 130 Å². The molecule has 5 nitrogen and oxygen atoms in total. The zero-order valence-corrected chi connectivity index (χ0v) is 13.2. The van der Waals surface area contributed by atoms with Gasteiger partial charge in [0.15, 0.2) is 0 Å². The highest BCUT2D eigenvalue weighted by Gasteiger charge is 2.47. The van der Waals surface area contributed by atoms with Crippen LogP contribution in [0.25, 0.3) is 0 Å². The van der Waals surface area contributed by atoms with E-state index in [2.05, 4.69) is 19.2 Å². The first kappa shape index (κ1) is 16.0. The van der Waals surface area contributed by atoms with Gasteiger partial charge < -0.3 is 5.32 Å². The van der Waals surface area contributed by atoms with E-state index in [4.69, 9.17) is 5.26 Å². The van der Waals surface area contributed by atoms with Crippen LogP contribution in [-0.4, -0.2) is 22.4 Å². The van der Waals surface area contributed by atoms with Gasteiger partial charge in [0.2, 0.25) is 0 Å². The Morgan fingerprint density at radius 3 is 2.45 bits per heavy atom. The molecule has 1 saturated heterocycles. The fourth-order valence-electron chi connectivity index (χ4n) is 2.50. The molecule has 0 unspecified atom stereocenters. The third-order valence-corrected chi connectivity index (χ3v) is 3.99. The summed E-state index contributed by atoms with van der Waals surface area (Å²) in [6.07, 6.45) is 1.52. The third-order valence-electron chi connectivity index (χ3n) is 3.99. The molecule has 1 aliphatic rings. The molecule has 3 amide bonds. The molecule has 22 heavy (non-hydrogen) atoms. The van der Waals surface area contributed by atoms with Crippen LogP contribution in [-0.2, 0) is 11.3 Å². The molecule has 1 aromatic carbocycles. The summed E-state index contributed by atoms with van der Waals surface area (Å²) in [6.45, 7) is 6.21. The summed E-state index contributed by atoms with van der Waals surface area (Å²) in [6, 6.07) is 8.61. The van der Waals surface area contributed by atoms with Crippen molar-refractivity contribution in [1.82, 2.24) is 10.2 Å². The van der Waals surface area contributed by atoms with Gasteiger partial charge in [0.1, 0.15) is 5.54 Å². The molecule has 2 rings (SSSR count). The number of carbonyl (C=O) groups excluding carboxylic acids is 2. The van der Waals surface area contributed by atoms with Gasteiger partial charge in [-0.15, -0.1) is 0 Å². The standard InChI is InChI=1S/C17H21N3O2/c1-12(2)8-9-17(3)15(21)20(16(22)19-17)11-14-6-4-13(10-18)5-7-14/h4-7,12H,8-9,11H2,1-3H3,(H,19,22)/t17-/m1/s1. The predicted molar refractivity (Wildman–Crippen MR) is 82.7 cm³/mol. The topological polar surface area (TPSA) is 73.2 Å². The van der Waals surface area contributed by atoms with Crippen molar-refractivity contribution in [3.05, 3.63) is 35.4 Å². The van der Waals surface area contributed by atoms with Gasteiger partial charge in [0, 0.05) is 0 Å². The van der Waals surface area contributed by atoms with Crippen LogP contribution in [0.3, 0.4) is 0 Å². The molecular formula is C17H21N3O2. The normalized spacial score (nSPS) is 21.1. The maximum atomic E-state index is 12.6. The van der Waals surface area contributed by atoms with Gasteiger partial charge in [0.25, 0.3) is 5.91 Å². The maximum absolute atomic E-state index is 12.6. The molecule has 0 saturated carbocycles. The maximum Gasteiger partial charge on any atom is 0.325 e. The van der Waals surface area contributed by atoms with Gasteiger partial charge in [-0.3, -0.25) is 9.69 Å². The molecule has 0 bridgehead atoms. The summed E-state index contributed by atoms with van der Waals surface area (Å²) in [4.78, 5) is 25.9. The molecule has 116 valence electrons. The number of benzene rings is 1. The number of imide groups is 1. The number of carbonyl (C=O) groups is 2. The van der Waals surface area contributed by atoms with Crippen molar-refractivity contribution in [2.45, 2.75) is 45.7 Å². The number of nitrogens with one attached hydrogen (secondary N) is 1. The van der Waals surface area contributed by atoms with Crippen LogP contribution >= 0.6 is 0 Å². The molecule has 5 heteroatoms. The Morgan fingerprint density at radius 1 is 1.27 bits per heavy atom. The fraction of sp³-hybridized carbons (Fsp3) is 0.471. The van der Waals surface area contributed by atoms with Crippen LogP contribution in [0.1, 0.15) is 44.7 Å². The number of nitriles is 1. The van der Waals surface area contributed by atoms with Gasteiger partial charge in [-0.25, -0.2) is 4.79 Å². The lowest BCUT2D eigenvalue weighted by molar-refractivity contribution is -0.131. The monoisotopic (exact) mass is 299 g/mol. The Balaban J connectivity index is 2.09. The largest absolute Gasteiger partial charge is 0.325 e. The summed E-state index contributed by atoms with van der Waals surface area (Å²) in [5, 5.41) is 11.6. The van der Waals surface area contributed by atoms with Crippen molar-refractivity contribution in [2.24, 2.45) is 5.92 Å². The van der Waals surface area contributed by atoms with Gasteiger partial charge in [-0.05, 0) is 43.4 Å². The summed E-state index contributed by atoms with van der Waals surface area (Å²) < 4.78 is 0. The average Bonchev–Trinajstić information content (AvgIpc) is 2.70. The molecule has 0 spiro atoms. The van der Waals surface area contributed by atoms with E-state index in [1.807, 2.05) is 6.07 Å². The molecule has 1 atom stereocenters. The summed E-state index contributed by atoms with van der Waals surface area (Å²) in [7, 11) is 0. The molecule has 1 N–H and O–H groups in total. The summed E-state index contributed by atoms with van der Waals surface area (Å²) in [5.74, 6) is 0.302. The molecule has 1 aliphatic heterocycles. The Morgan fingerprint density at radius 2 is 1.91 bits per heavy atom. The lowest BCUT2D eigenvalue weighted by Crippen LogP contribution is -2.44. The average molecular weight is 299 g/mol. The van der Waals surface area contributed by atoms with Crippen LogP contribution in [0.15, 0.2) is 24.3 Å². The zero-order chi connectivity index (χ0) is 16.3. The van der Waals surface area contributed by atoms with E-state index in [1.54, 1.807) is 31.2 Å². The minimum absolute atomic E-state index is 0.178. The van der Waals surface area contributed by atoms with Crippen molar-refractivity contribution in [2.75, 3.05) is 0 Å². The zero-order valence-electron chi connectivity index (χ0n) is 13.2. The Bertz CT molecular complexity index is 616. The quantitative estimate of drug-likeness (QED) is 0.850. The van der Waals surface area contributed by atoms with Crippen LogP contribution in [0.5, 0.6) is 0 Å². The van der Waals surface area contributed by atoms with Gasteiger partial charge >= 0.3 is 6.03 Å². The smallest absolute Gasteiger partial charge is 0.323 e. The second kappa shape index (κ2) is 6.18. The minimum Gasteiger partial charge on any atom is -0.323 e. The van der Waals surface area contributed by atoms with Gasteiger partial charge in [-0.2, -0.15) is 5.26 Å². The van der Waals surface area contributed by atoms with Crippen LogP contribution in [0, 0.1) is 17.2 Å². The Kier molecular flexibility index (Phi) is 4.51. The van der Waals surface area contributed by atoms with E-state index in [9.17, 15) is 9.59 Å². The molecule has 1 aromatic rings. The van der Waals surface area contributed by atoms with Crippen LogP contribution in [0.2, 0.25) is 0 Å². The lowest BCUT2D eigenvalue weighted by atomic mass is 9.92. The number of amides is 3. The van der Waals surface area contributed by atoms with E-state index in [0.717, 1.165) is 12.0 Å². The van der Waals surface area contributed by atoms with Gasteiger partial charge in [0.05, 0.1) is 18.2 Å². The van der Waals surface area contributed by atoms with E-state index in [0.29, 0.717) is 17.9 Å². The predicted octanol–water partition coefficient (Wildman–Crippen LogP) is 2.80. The first-order valence-electron chi connectivity index (χ1n) is 7.49. The van der Waals surface area contributed by atoms with Crippen molar-refractivity contribution >= 4 is 11.9 Å². The van der Waals surface area contributed by atoms with Crippen molar-refractivity contribution < 1.29 is 9.59 Å². The van der Waals surface area contributed by atoms with Crippen LogP contribution in [0.4, 0.5) is 4.79 Å². The second-order valence-corrected chi connectivity index (χ2v) is 6.39. The lowest BCUT2D eigenvalue weighted by Gasteiger charge is -2.22. The second-order valence-electron chi connectivity index (χ2n) is 6.39. The molecule has 0 radical (unpaired) electrons. The third kappa shape index (κ3) is 3.28. The molecule has 0 aromatic heterocycles.